The third kappa shape index (κ3) is 2.93. The van der Waals surface area contributed by atoms with Crippen LogP contribution in [0.15, 0.2) is 39.8 Å². The van der Waals surface area contributed by atoms with E-state index in [1.165, 1.54) is 43.4 Å². The number of hydrogen-bond donors (Lipinski definition) is 1. The Hall–Kier alpha value is -1.26. The Morgan fingerprint density at radius 1 is 1.12 bits per heavy atom. The molecule has 3 nitrogen and oxygen atoms in total. The van der Waals surface area contributed by atoms with Gasteiger partial charge in [0.25, 0.3) is 0 Å². The molecule has 4 aliphatic carbocycles. The van der Waals surface area contributed by atoms with Crippen LogP contribution in [0.1, 0.15) is 44.2 Å². The highest BCUT2D eigenvalue weighted by Gasteiger charge is 2.50. The van der Waals surface area contributed by atoms with E-state index in [0.29, 0.717) is 5.54 Å². The van der Waals surface area contributed by atoms with E-state index in [9.17, 15) is 0 Å². The number of benzene rings is 1. The van der Waals surface area contributed by atoms with E-state index in [0.717, 1.165) is 41.3 Å². The average molecular weight is 355 g/mol. The average Bonchev–Trinajstić information content (AvgIpc) is 3.08. The fourth-order valence-corrected chi connectivity index (χ4v) is 6.58. The molecule has 1 heterocycles. The van der Waals surface area contributed by atoms with Crippen molar-refractivity contribution in [1.82, 2.24) is 10.5 Å². The monoisotopic (exact) mass is 354 g/mol. The Morgan fingerprint density at radius 2 is 1.80 bits per heavy atom. The molecule has 4 heteroatoms. The molecule has 25 heavy (non-hydrogen) atoms. The predicted molar refractivity (Wildman–Crippen MR) is 101 cm³/mol. The van der Waals surface area contributed by atoms with Gasteiger partial charge < -0.3 is 9.84 Å². The minimum atomic E-state index is 0.380. The van der Waals surface area contributed by atoms with Crippen LogP contribution < -0.4 is 5.32 Å². The normalized spacial score (nSPS) is 33.1. The summed E-state index contributed by atoms with van der Waals surface area (Å²) >= 11 is 1.75. The summed E-state index contributed by atoms with van der Waals surface area (Å²) in [6, 6.07) is 10.5. The molecule has 0 spiro atoms. The van der Waals surface area contributed by atoms with Gasteiger partial charge in [0.05, 0.1) is 5.69 Å². The van der Waals surface area contributed by atoms with Crippen LogP contribution in [-0.2, 0) is 6.54 Å². The Morgan fingerprint density at radius 3 is 2.48 bits per heavy atom. The van der Waals surface area contributed by atoms with Crippen molar-refractivity contribution in [3.05, 3.63) is 36.0 Å². The van der Waals surface area contributed by atoms with Gasteiger partial charge in [0.1, 0.15) is 0 Å². The van der Waals surface area contributed by atoms with Gasteiger partial charge in [-0.3, -0.25) is 0 Å². The fourth-order valence-electron chi connectivity index (χ4n) is 5.98. The predicted octanol–water partition coefficient (Wildman–Crippen LogP) is 5.12. The molecule has 0 unspecified atom stereocenters. The highest BCUT2D eigenvalue weighted by molar-refractivity contribution is 7.98. The lowest BCUT2D eigenvalue weighted by atomic mass is 9.53. The molecule has 1 N–H and O–H groups in total. The van der Waals surface area contributed by atoms with Crippen LogP contribution in [0, 0.1) is 17.8 Å². The number of hydrogen-bond acceptors (Lipinski definition) is 4. The number of aromatic nitrogens is 1. The Bertz CT molecular complexity index is 733. The van der Waals surface area contributed by atoms with Gasteiger partial charge in [-0.2, -0.15) is 0 Å². The zero-order valence-corrected chi connectivity index (χ0v) is 15.6. The van der Waals surface area contributed by atoms with E-state index in [1.54, 1.807) is 11.8 Å². The van der Waals surface area contributed by atoms with Crippen molar-refractivity contribution < 1.29 is 4.52 Å². The van der Waals surface area contributed by atoms with E-state index in [1.807, 2.05) is 0 Å². The molecule has 0 aliphatic heterocycles. The first kappa shape index (κ1) is 16.0. The lowest BCUT2D eigenvalue weighted by Gasteiger charge is -2.57. The van der Waals surface area contributed by atoms with Crippen LogP contribution in [0.3, 0.4) is 0 Å². The molecule has 1 aromatic carbocycles. The van der Waals surface area contributed by atoms with Gasteiger partial charge in [-0.1, -0.05) is 17.3 Å². The third-order valence-corrected chi connectivity index (χ3v) is 7.41. The van der Waals surface area contributed by atoms with Gasteiger partial charge in [0, 0.05) is 28.6 Å². The number of nitrogens with one attached hydrogen (secondary N) is 1. The first-order valence-corrected chi connectivity index (χ1v) is 10.8. The highest BCUT2D eigenvalue weighted by atomic mass is 32.2. The quantitative estimate of drug-likeness (QED) is 0.756. The van der Waals surface area contributed by atoms with Crippen LogP contribution in [0.5, 0.6) is 0 Å². The summed E-state index contributed by atoms with van der Waals surface area (Å²) in [5.41, 5.74) is 2.55. The van der Waals surface area contributed by atoms with E-state index in [2.05, 4.69) is 47.1 Å². The van der Waals surface area contributed by atoms with Crippen LogP contribution in [0.25, 0.3) is 11.3 Å². The molecule has 1 aromatic heterocycles. The SMILES string of the molecule is CSc1ccccc1-c1cc(CNC23CC4CC(CC(C4)C2)C3)no1. The smallest absolute Gasteiger partial charge is 0.168 e. The summed E-state index contributed by atoms with van der Waals surface area (Å²) in [5.74, 6) is 3.80. The molecule has 0 atom stereocenters. The van der Waals surface area contributed by atoms with E-state index < -0.39 is 0 Å². The van der Waals surface area contributed by atoms with Gasteiger partial charge in [-0.25, -0.2) is 0 Å². The summed E-state index contributed by atoms with van der Waals surface area (Å²) in [6.45, 7) is 0.830. The van der Waals surface area contributed by atoms with Crippen molar-refractivity contribution in [3.8, 4) is 11.3 Å². The summed E-state index contributed by atoms with van der Waals surface area (Å²) in [7, 11) is 0. The number of thioether (sulfide) groups is 1. The molecule has 2 aromatic rings. The summed E-state index contributed by atoms with van der Waals surface area (Å²) in [5, 5.41) is 8.25. The standard InChI is InChI=1S/C21H26N2OS/c1-25-20-5-3-2-4-18(20)19-9-17(23-24-19)13-22-21-10-14-6-15(11-21)8-16(7-14)12-21/h2-5,9,14-16,22H,6-8,10-13H2,1H3. The second-order valence-electron chi connectivity index (χ2n) is 8.43. The Labute approximate surface area is 153 Å². The van der Waals surface area contributed by atoms with Crippen LogP contribution in [0.2, 0.25) is 0 Å². The van der Waals surface area contributed by atoms with Crippen molar-refractivity contribution in [2.45, 2.75) is 55.5 Å². The molecule has 0 amide bonds. The van der Waals surface area contributed by atoms with Crippen LogP contribution in [0.4, 0.5) is 0 Å². The summed E-state index contributed by atoms with van der Waals surface area (Å²) in [4.78, 5) is 1.24. The summed E-state index contributed by atoms with van der Waals surface area (Å²) < 4.78 is 5.66. The van der Waals surface area contributed by atoms with Gasteiger partial charge in [0.15, 0.2) is 5.76 Å². The molecule has 132 valence electrons. The minimum Gasteiger partial charge on any atom is -0.356 e. The Balaban J connectivity index is 1.31. The lowest BCUT2D eigenvalue weighted by Crippen LogP contribution is -2.58. The van der Waals surface area contributed by atoms with Crippen molar-refractivity contribution >= 4 is 11.8 Å². The molecular weight excluding hydrogens is 328 g/mol. The minimum absolute atomic E-state index is 0.380. The van der Waals surface area contributed by atoms with Gasteiger partial charge in [-0.05, 0) is 74.7 Å². The second kappa shape index (κ2) is 6.17. The van der Waals surface area contributed by atoms with Crippen molar-refractivity contribution in [2.24, 2.45) is 17.8 Å². The molecule has 4 saturated carbocycles. The topological polar surface area (TPSA) is 38.1 Å². The molecule has 0 radical (unpaired) electrons. The van der Waals surface area contributed by atoms with E-state index in [-0.39, 0.29) is 0 Å². The molecule has 4 bridgehead atoms. The maximum Gasteiger partial charge on any atom is 0.168 e. The Kier molecular flexibility index (Phi) is 3.94. The van der Waals surface area contributed by atoms with Crippen molar-refractivity contribution in [2.75, 3.05) is 6.26 Å². The van der Waals surface area contributed by atoms with Crippen LogP contribution >= 0.6 is 11.8 Å². The second-order valence-corrected chi connectivity index (χ2v) is 9.28. The van der Waals surface area contributed by atoms with E-state index >= 15 is 0 Å². The third-order valence-electron chi connectivity index (χ3n) is 6.61. The summed E-state index contributed by atoms with van der Waals surface area (Å²) in [6.07, 6.45) is 10.7. The van der Waals surface area contributed by atoms with Crippen molar-refractivity contribution in [1.29, 1.82) is 0 Å². The van der Waals surface area contributed by atoms with Gasteiger partial charge >= 0.3 is 0 Å². The fraction of sp³-hybridized carbons (Fsp3) is 0.571. The largest absolute Gasteiger partial charge is 0.356 e. The number of rotatable bonds is 5. The first-order valence-electron chi connectivity index (χ1n) is 9.57. The molecule has 6 rings (SSSR count). The van der Waals surface area contributed by atoms with E-state index in [4.69, 9.17) is 4.52 Å². The van der Waals surface area contributed by atoms with Crippen molar-refractivity contribution in [3.63, 3.8) is 0 Å². The molecule has 4 fully saturated rings. The zero-order valence-electron chi connectivity index (χ0n) is 14.8. The van der Waals surface area contributed by atoms with Gasteiger partial charge in [0.2, 0.25) is 0 Å². The van der Waals surface area contributed by atoms with Gasteiger partial charge in [-0.15, -0.1) is 11.8 Å². The molecule has 4 aliphatic rings. The first-order chi connectivity index (χ1) is 12.2. The number of nitrogens with zero attached hydrogens (tertiary/aromatic N) is 1. The maximum absolute atomic E-state index is 5.66. The van der Waals surface area contributed by atoms with Crippen LogP contribution in [-0.4, -0.2) is 17.0 Å². The maximum atomic E-state index is 5.66. The molecule has 0 saturated heterocycles. The lowest BCUT2D eigenvalue weighted by molar-refractivity contribution is -0.0208. The highest BCUT2D eigenvalue weighted by Crippen LogP contribution is 2.55. The zero-order chi connectivity index (χ0) is 16.9. The molecular formula is C21H26N2OS.